The number of hydrogen-bond donors (Lipinski definition) is 1. The summed E-state index contributed by atoms with van der Waals surface area (Å²) in [5.41, 5.74) is -0.0828. The van der Waals surface area contributed by atoms with Crippen molar-refractivity contribution in [2.75, 3.05) is 39.0 Å². The number of rotatable bonds is 4. The minimum atomic E-state index is -3.21. The molecule has 1 aromatic carbocycles. The third-order valence-corrected chi connectivity index (χ3v) is 4.85. The number of sulfonamides is 1. The van der Waals surface area contributed by atoms with Gasteiger partial charge in [-0.1, -0.05) is 0 Å². The molecule has 1 atom stereocenters. The molecule has 0 aliphatic carbocycles. The minimum absolute atomic E-state index is 0.0828. The van der Waals surface area contributed by atoms with Gasteiger partial charge in [-0.3, -0.25) is 4.90 Å². The summed E-state index contributed by atoms with van der Waals surface area (Å²) >= 11 is 0. The zero-order valence-electron chi connectivity index (χ0n) is 11.7. The van der Waals surface area contributed by atoms with Gasteiger partial charge in [0.15, 0.2) is 0 Å². The van der Waals surface area contributed by atoms with Crippen molar-refractivity contribution in [3.63, 3.8) is 0 Å². The average Bonchev–Trinajstić information content (AvgIpc) is 2.41. The molecule has 1 aliphatic heterocycles. The number of benzene rings is 1. The highest BCUT2D eigenvalue weighted by atomic mass is 32.2. The average molecular weight is 320 g/mol. The van der Waals surface area contributed by atoms with Crippen LogP contribution in [0.4, 0.5) is 8.78 Å². The van der Waals surface area contributed by atoms with Crippen molar-refractivity contribution in [3.05, 3.63) is 35.4 Å². The largest absolute Gasteiger partial charge is 0.387 e. The molecule has 118 valence electrons. The summed E-state index contributed by atoms with van der Waals surface area (Å²) in [6, 6.07) is 2.96. The van der Waals surface area contributed by atoms with Gasteiger partial charge >= 0.3 is 0 Å². The molecule has 0 aromatic heterocycles. The first-order valence-electron chi connectivity index (χ1n) is 6.58. The highest BCUT2D eigenvalue weighted by Crippen LogP contribution is 2.20. The lowest BCUT2D eigenvalue weighted by molar-refractivity contribution is 0.0897. The number of nitrogens with zero attached hydrogens (tertiary/aromatic N) is 2. The lowest BCUT2D eigenvalue weighted by atomic mass is 10.1. The van der Waals surface area contributed by atoms with Gasteiger partial charge in [-0.25, -0.2) is 17.2 Å². The van der Waals surface area contributed by atoms with Gasteiger partial charge in [-0.2, -0.15) is 4.31 Å². The number of aliphatic hydroxyl groups excluding tert-OH is 1. The number of aliphatic hydroxyl groups is 1. The Morgan fingerprint density at radius 1 is 1.24 bits per heavy atom. The first-order valence-corrected chi connectivity index (χ1v) is 8.42. The summed E-state index contributed by atoms with van der Waals surface area (Å²) in [4.78, 5) is 1.83. The predicted molar refractivity (Wildman–Crippen MR) is 74.2 cm³/mol. The van der Waals surface area contributed by atoms with Gasteiger partial charge in [0, 0.05) is 38.3 Å². The van der Waals surface area contributed by atoms with Crippen LogP contribution in [0.1, 0.15) is 11.7 Å². The highest BCUT2D eigenvalue weighted by molar-refractivity contribution is 7.88. The maximum atomic E-state index is 13.6. The monoisotopic (exact) mass is 320 g/mol. The van der Waals surface area contributed by atoms with Crippen LogP contribution >= 0.6 is 0 Å². The summed E-state index contributed by atoms with van der Waals surface area (Å²) in [6.45, 7) is 1.69. The number of piperazine rings is 1. The Bertz CT molecular complexity index is 601. The molecular weight excluding hydrogens is 302 g/mol. The first kappa shape index (κ1) is 16.3. The molecular formula is C13H18F2N2O3S. The van der Waals surface area contributed by atoms with Gasteiger partial charge in [0.25, 0.3) is 0 Å². The van der Waals surface area contributed by atoms with E-state index in [9.17, 15) is 22.3 Å². The normalized spacial score (nSPS) is 19.6. The first-order chi connectivity index (χ1) is 9.77. The molecule has 1 saturated heterocycles. The molecule has 1 aromatic rings. The van der Waals surface area contributed by atoms with E-state index in [4.69, 9.17) is 0 Å². The summed E-state index contributed by atoms with van der Waals surface area (Å²) in [5, 5.41) is 10.0. The van der Waals surface area contributed by atoms with E-state index < -0.39 is 27.8 Å². The molecule has 1 unspecified atom stereocenters. The molecule has 0 radical (unpaired) electrons. The van der Waals surface area contributed by atoms with Crippen LogP contribution < -0.4 is 0 Å². The van der Waals surface area contributed by atoms with Crippen molar-refractivity contribution >= 4 is 10.0 Å². The van der Waals surface area contributed by atoms with Gasteiger partial charge in [0.05, 0.1) is 12.4 Å². The van der Waals surface area contributed by atoms with Crippen LogP contribution in [0.5, 0.6) is 0 Å². The third kappa shape index (κ3) is 4.19. The second-order valence-electron chi connectivity index (χ2n) is 5.14. The Balaban J connectivity index is 1.96. The van der Waals surface area contributed by atoms with Crippen LogP contribution in [0.3, 0.4) is 0 Å². The Kier molecular flexibility index (Phi) is 4.92. The zero-order valence-corrected chi connectivity index (χ0v) is 12.5. The Morgan fingerprint density at radius 2 is 1.86 bits per heavy atom. The standard InChI is InChI=1S/C13H18F2N2O3S/c1-21(19,20)17-6-4-16(5-7-17)9-13(18)11-8-10(14)2-3-12(11)15/h2-3,8,13,18H,4-7,9H2,1H3. The highest BCUT2D eigenvalue weighted by Gasteiger charge is 2.25. The van der Waals surface area contributed by atoms with Gasteiger partial charge < -0.3 is 5.11 Å². The lowest BCUT2D eigenvalue weighted by Crippen LogP contribution is -2.49. The molecule has 1 heterocycles. The van der Waals surface area contributed by atoms with Crippen LogP contribution in [-0.4, -0.2) is 61.7 Å². The molecule has 1 aliphatic rings. The van der Waals surface area contributed by atoms with Crippen LogP contribution in [0, 0.1) is 11.6 Å². The molecule has 2 rings (SSSR count). The molecule has 5 nitrogen and oxygen atoms in total. The topological polar surface area (TPSA) is 60.9 Å². The number of hydrogen-bond acceptors (Lipinski definition) is 4. The van der Waals surface area contributed by atoms with Crippen molar-refractivity contribution in [2.24, 2.45) is 0 Å². The van der Waals surface area contributed by atoms with Crippen LogP contribution in [0.2, 0.25) is 0 Å². The van der Waals surface area contributed by atoms with Crippen molar-refractivity contribution in [1.82, 2.24) is 9.21 Å². The van der Waals surface area contributed by atoms with E-state index in [1.807, 2.05) is 4.90 Å². The molecule has 21 heavy (non-hydrogen) atoms. The van der Waals surface area contributed by atoms with Gasteiger partial charge in [0.2, 0.25) is 10.0 Å². The Morgan fingerprint density at radius 3 is 2.43 bits per heavy atom. The molecule has 1 fully saturated rings. The third-order valence-electron chi connectivity index (χ3n) is 3.55. The smallest absolute Gasteiger partial charge is 0.211 e. The fraction of sp³-hybridized carbons (Fsp3) is 0.538. The van der Waals surface area contributed by atoms with Crippen molar-refractivity contribution < 1.29 is 22.3 Å². The second-order valence-corrected chi connectivity index (χ2v) is 7.13. The van der Waals surface area contributed by atoms with E-state index in [1.165, 1.54) is 4.31 Å². The fourth-order valence-electron chi connectivity index (χ4n) is 2.36. The molecule has 0 bridgehead atoms. The summed E-state index contributed by atoms with van der Waals surface area (Å²) < 4.78 is 50.8. The van der Waals surface area contributed by atoms with Gasteiger partial charge in [-0.05, 0) is 18.2 Å². The van der Waals surface area contributed by atoms with E-state index in [0.29, 0.717) is 26.2 Å². The van der Waals surface area contributed by atoms with Crippen LogP contribution in [0.25, 0.3) is 0 Å². The van der Waals surface area contributed by atoms with E-state index in [2.05, 4.69) is 0 Å². The zero-order chi connectivity index (χ0) is 15.6. The summed E-state index contributed by atoms with van der Waals surface area (Å²) in [5.74, 6) is -1.26. The summed E-state index contributed by atoms with van der Waals surface area (Å²) in [7, 11) is -3.21. The van der Waals surface area contributed by atoms with Crippen LogP contribution in [-0.2, 0) is 10.0 Å². The predicted octanol–water partition coefficient (Wildman–Crippen LogP) is 0.575. The number of β-amino-alcohol motifs (C(OH)–C–C–N with tert-alkyl or cyclic N) is 1. The summed E-state index contributed by atoms with van der Waals surface area (Å²) in [6.07, 6.45) is 0.00471. The second kappa shape index (κ2) is 6.35. The van der Waals surface area contributed by atoms with E-state index >= 15 is 0 Å². The van der Waals surface area contributed by atoms with E-state index in [-0.39, 0.29) is 12.1 Å². The maximum Gasteiger partial charge on any atom is 0.211 e. The molecule has 0 saturated carbocycles. The molecule has 8 heteroatoms. The molecule has 1 N–H and O–H groups in total. The fourth-order valence-corrected chi connectivity index (χ4v) is 3.18. The Labute approximate surface area is 122 Å². The van der Waals surface area contributed by atoms with E-state index in [0.717, 1.165) is 24.5 Å². The van der Waals surface area contributed by atoms with Crippen LogP contribution in [0.15, 0.2) is 18.2 Å². The van der Waals surface area contributed by atoms with Crippen molar-refractivity contribution in [2.45, 2.75) is 6.10 Å². The van der Waals surface area contributed by atoms with E-state index in [1.54, 1.807) is 0 Å². The molecule has 0 spiro atoms. The SMILES string of the molecule is CS(=O)(=O)N1CCN(CC(O)c2cc(F)ccc2F)CC1. The number of halogens is 2. The minimum Gasteiger partial charge on any atom is -0.387 e. The van der Waals surface area contributed by atoms with Gasteiger partial charge in [0.1, 0.15) is 11.6 Å². The maximum absolute atomic E-state index is 13.6. The van der Waals surface area contributed by atoms with Gasteiger partial charge in [-0.15, -0.1) is 0 Å². The van der Waals surface area contributed by atoms with Crippen molar-refractivity contribution in [1.29, 1.82) is 0 Å². The molecule has 0 amide bonds. The Hall–Kier alpha value is -1.09. The lowest BCUT2D eigenvalue weighted by Gasteiger charge is -2.34. The quantitative estimate of drug-likeness (QED) is 0.881. The van der Waals surface area contributed by atoms with Crippen molar-refractivity contribution in [3.8, 4) is 0 Å².